The van der Waals surface area contributed by atoms with Crippen molar-refractivity contribution in [2.45, 2.75) is 25.7 Å². The van der Waals surface area contributed by atoms with E-state index in [4.69, 9.17) is 9.97 Å². The van der Waals surface area contributed by atoms with E-state index in [1.807, 2.05) is 12.1 Å². The fraction of sp³-hybridized carbons (Fsp3) is 0.0833. The Bertz CT molecular complexity index is 2650. The lowest BCUT2D eigenvalue weighted by atomic mass is 9.81. The highest BCUT2D eigenvalue weighted by Crippen LogP contribution is 2.51. The summed E-state index contributed by atoms with van der Waals surface area (Å²) in [6, 6.07) is 57.1. The van der Waals surface area contributed by atoms with Crippen LogP contribution in [-0.4, -0.2) is 9.97 Å². The Kier molecular flexibility index (Phi) is 6.32. The lowest BCUT2D eigenvalue weighted by Gasteiger charge is -2.22. The number of fused-ring (bicyclic) bond motifs is 7. The Labute approximate surface area is 292 Å². The van der Waals surface area contributed by atoms with Gasteiger partial charge in [-0.2, -0.15) is 0 Å². The van der Waals surface area contributed by atoms with Crippen molar-refractivity contribution in [2.75, 3.05) is 0 Å². The summed E-state index contributed by atoms with van der Waals surface area (Å²) >= 11 is 0. The molecule has 10 rings (SSSR count). The Morgan fingerprint density at radius 1 is 0.420 bits per heavy atom. The van der Waals surface area contributed by atoms with E-state index in [0.717, 1.165) is 40.0 Å². The van der Waals surface area contributed by atoms with E-state index in [-0.39, 0.29) is 5.41 Å². The maximum Gasteiger partial charge on any atom is 0.160 e. The van der Waals surface area contributed by atoms with Crippen LogP contribution in [0.25, 0.3) is 78.1 Å². The van der Waals surface area contributed by atoms with Crippen molar-refractivity contribution in [1.29, 1.82) is 0 Å². The molecule has 50 heavy (non-hydrogen) atoms. The van der Waals surface area contributed by atoms with Gasteiger partial charge in [0.25, 0.3) is 0 Å². The molecule has 0 radical (unpaired) electrons. The predicted molar refractivity (Wildman–Crippen MR) is 207 cm³/mol. The molecule has 0 saturated carbocycles. The van der Waals surface area contributed by atoms with Crippen LogP contribution in [-0.2, 0) is 11.8 Å². The minimum atomic E-state index is -0.0301. The molecule has 2 aliphatic carbocycles. The summed E-state index contributed by atoms with van der Waals surface area (Å²) in [4.78, 5) is 10.2. The molecule has 236 valence electrons. The van der Waals surface area contributed by atoms with E-state index in [1.165, 1.54) is 66.8 Å². The van der Waals surface area contributed by atoms with E-state index < -0.39 is 0 Å². The molecular formula is C48H34N2. The number of hydrogen-bond donors (Lipinski definition) is 0. The first-order valence-electron chi connectivity index (χ1n) is 17.5. The van der Waals surface area contributed by atoms with Crippen LogP contribution >= 0.6 is 0 Å². The Hall–Kier alpha value is -6.12. The molecular weight excluding hydrogens is 605 g/mol. The number of para-hydroxylation sites is 1. The third-order valence-corrected chi connectivity index (χ3v) is 11.0. The number of benzene rings is 7. The molecule has 1 aromatic heterocycles. The molecule has 0 atom stereocenters. The number of hydrogen-bond acceptors (Lipinski definition) is 2. The van der Waals surface area contributed by atoms with Crippen LogP contribution in [0.1, 0.15) is 36.1 Å². The van der Waals surface area contributed by atoms with Gasteiger partial charge in [0, 0.05) is 21.9 Å². The molecule has 0 unspecified atom stereocenters. The van der Waals surface area contributed by atoms with Crippen molar-refractivity contribution in [1.82, 2.24) is 9.97 Å². The summed E-state index contributed by atoms with van der Waals surface area (Å²) in [7, 11) is 0. The van der Waals surface area contributed by atoms with Crippen LogP contribution in [0.3, 0.4) is 0 Å². The number of aromatic nitrogens is 2. The van der Waals surface area contributed by atoms with E-state index in [9.17, 15) is 0 Å². The Balaban J connectivity index is 1.05. The highest BCUT2D eigenvalue weighted by molar-refractivity contribution is 5.94. The van der Waals surface area contributed by atoms with Crippen molar-refractivity contribution in [2.24, 2.45) is 0 Å². The fourth-order valence-electron chi connectivity index (χ4n) is 8.50. The monoisotopic (exact) mass is 638 g/mol. The quantitative estimate of drug-likeness (QED) is 0.192. The first-order valence-corrected chi connectivity index (χ1v) is 17.5. The van der Waals surface area contributed by atoms with Gasteiger partial charge < -0.3 is 0 Å². The van der Waals surface area contributed by atoms with Gasteiger partial charge in [0.05, 0.1) is 11.2 Å². The topological polar surface area (TPSA) is 25.8 Å². The third-order valence-electron chi connectivity index (χ3n) is 11.0. The van der Waals surface area contributed by atoms with Gasteiger partial charge in [0.1, 0.15) is 0 Å². The molecule has 2 nitrogen and oxygen atoms in total. The van der Waals surface area contributed by atoms with Crippen LogP contribution < -0.4 is 0 Å². The second-order valence-corrected chi connectivity index (χ2v) is 14.1. The van der Waals surface area contributed by atoms with Gasteiger partial charge >= 0.3 is 0 Å². The van der Waals surface area contributed by atoms with Gasteiger partial charge in [-0.1, -0.05) is 153 Å². The van der Waals surface area contributed by atoms with Crippen molar-refractivity contribution >= 4 is 10.9 Å². The Morgan fingerprint density at radius 3 is 1.80 bits per heavy atom. The maximum absolute atomic E-state index is 5.16. The Morgan fingerprint density at radius 2 is 1.00 bits per heavy atom. The average Bonchev–Trinajstić information content (AvgIpc) is 3.67. The molecule has 0 spiro atoms. The summed E-state index contributed by atoms with van der Waals surface area (Å²) < 4.78 is 0. The number of nitrogens with zero attached hydrogens (tertiary/aromatic N) is 2. The fourth-order valence-corrected chi connectivity index (χ4v) is 8.50. The second-order valence-electron chi connectivity index (χ2n) is 14.1. The zero-order valence-electron chi connectivity index (χ0n) is 28.1. The van der Waals surface area contributed by atoms with Crippen LogP contribution in [0.5, 0.6) is 0 Å². The highest BCUT2D eigenvalue weighted by Gasteiger charge is 2.35. The smallest absolute Gasteiger partial charge is 0.160 e. The van der Waals surface area contributed by atoms with Crippen LogP contribution in [0.15, 0.2) is 158 Å². The van der Waals surface area contributed by atoms with Crippen LogP contribution in [0, 0.1) is 0 Å². The van der Waals surface area contributed by atoms with E-state index in [0.29, 0.717) is 0 Å². The lowest BCUT2D eigenvalue weighted by Crippen LogP contribution is -2.14. The van der Waals surface area contributed by atoms with E-state index >= 15 is 0 Å². The van der Waals surface area contributed by atoms with Crippen molar-refractivity contribution in [3.63, 3.8) is 0 Å². The molecule has 0 bridgehead atoms. The maximum atomic E-state index is 5.16. The molecule has 1 heterocycles. The van der Waals surface area contributed by atoms with E-state index in [1.54, 1.807) is 0 Å². The number of rotatable bonds is 4. The third kappa shape index (κ3) is 4.35. The first kappa shape index (κ1) is 28.9. The van der Waals surface area contributed by atoms with Crippen LogP contribution in [0.2, 0.25) is 0 Å². The van der Waals surface area contributed by atoms with Gasteiger partial charge in [0.2, 0.25) is 0 Å². The first-order chi connectivity index (χ1) is 24.5. The minimum Gasteiger partial charge on any atom is -0.228 e. The molecule has 7 aromatic carbocycles. The van der Waals surface area contributed by atoms with Gasteiger partial charge in [-0.25, -0.2) is 9.97 Å². The zero-order chi connectivity index (χ0) is 33.4. The largest absolute Gasteiger partial charge is 0.228 e. The van der Waals surface area contributed by atoms with Crippen molar-refractivity contribution in [3.8, 4) is 67.2 Å². The standard InChI is InChI=1S/C48H34N2/c1-48(2)43-23-8-6-17-38(43)39-26-25-32(28-44(39)48)35-20-12-22-37-36-21-11-19-34(41(36)29-42(35)37)31-15-10-16-33(27-31)47-49-45-24-9-7-18-40(45)46(50-47)30-13-4-3-5-14-30/h3-28H,29H2,1-2H3. The van der Waals surface area contributed by atoms with Gasteiger partial charge in [-0.05, 0) is 91.4 Å². The van der Waals surface area contributed by atoms with E-state index in [2.05, 4.69) is 159 Å². The van der Waals surface area contributed by atoms with Crippen molar-refractivity contribution in [3.05, 3.63) is 180 Å². The summed E-state index contributed by atoms with van der Waals surface area (Å²) in [5.41, 5.74) is 20.0. The van der Waals surface area contributed by atoms with Crippen LogP contribution in [0.4, 0.5) is 0 Å². The van der Waals surface area contributed by atoms with Gasteiger partial charge in [-0.15, -0.1) is 0 Å². The predicted octanol–water partition coefficient (Wildman–Crippen LogP) is 12.2. The highest BCUT2D eigenvalue weighted by atomic mass is 14.9. The molecule has 0 fully saturated rings. The van der Waals surface area contributed by atoms with Crippen molar-refractivity contribution < 1.29 is 0 Å². The summed E-state index contributed by atoms with van der Waals surface area (Å²) in [6.45, 7) is 4.72. The average molecular weight is 639 g/mol. The normalized spacial score (nSPS) is 13.5. The summed E-state index contributed by atoms with van der Waals surface area (Å²) in [5.74, 6) is 0.740. The van der Waals surface area contributed by atoms with Gasteiger partial charge in [0.15, 0.2) is 5.82 Å². The SMILES string of the molecule is CC1(C)c2ccccc2-c2ccc(-c3cccc4c3Cc3c(-c5cccc(-c6nc(-c7ccccc7)c7ccccc7n6)c5)cccc3-4)cc21. The molecule has 0 N–H and O–H groups in total. The summed E-state index contributed by atoms with van der Waals surface area (Å²) in [6.07, 6.45) is 0.895. The molecule has 2 aliphatic rings. The minimum absolute atomic E-state index is 0.0301. The molecule has 0 saturated heterocycles. The second kappa shape index (κ2) is 10.9. The molecule has 2 heteroatoms. The zero-order valence-corrected chi connectivity index (χ0v) is 28.1. The molecule has 0 aliphatic heterocycles. The van der Waals surface area contributed by atoms with Gasteiger partial charge in [-0.3, -0.25) is 0 Å². The molecule has 0 amide bonds. The summed E-state index contributed by atoms with van der Waals surface area (Å²) in [5, 5.41) is 1.06. The lowest BCUT2D eigenvalue weighted by molar-refractivity contribution is 0.660. The molecule has 8 aromatic rings.